The molecule has 1 fully saturated rings. The summed E-state index contributed by atoms with van der Waals surface area (Å²) in [6, 6.07) is 7.82. The van der Waals surface area contributed by atoms with Crippen molar-refractivity contribution in [3.63, 3.8) is 0 Å². The van der Waals surface area contributed by atoms with Gasteiger partial charge in [-0.15, -0.1) is 0 Å². The van der Waals surface area contributed by atoms with Crippen molar-refractivity contribution in [2.24, 2.45) is 0 Å². The molecule has 144 valence electrons. The van der Waals surface area contributed by atoms with Crippen LogP contribution in [0.15, 0.2) is 41.7 Å². The minimum Gasteiger partial charge on any atom is -0.323 e. The minimum atomic E-state index is -3.46. The molecular weight excluding hydrogens is 398 g/mol. The summed E-state index contributed by atoms with van der Waals surface area (Å²) in [6.45, 7) is 0.362. The summed E-state index contributed by atoms with van der Waals surface area (Å²) < 4.78 is 28.3. The lowest BCUT2D eigenvalue weighted by Gasteiger charge is -2.29. The molecule has 0 saturated heterocycles. The second kappa shape index (κ2) is 6.28. The molecule has 0 radical (unpaired) electrons. The van der Waals surface area contributed by atoms with Crippen molar-refractivity contribution < 1.29 is 8.42 Å². The Hall–Kier alpha value is -2.45. The third kappa shape index (κ3) is 2.79. The van der Waals surface area contributed by atoms with E-state index in [4.69, 9.17) is 16.6 Å². The second-order valence-electron chi connectivity index (χ2n) is 7.24. The molecule has 1 aromatic carbocycles. The van der Waals surface area contributed by atoms with Gasteiger partial charge in [-0.25, -0.2) is 13.4 Å². The van der Waals surface area contributed by atoms with Gasteiger partial charge in [0.05, 0.1) is 29.3 Å². The first-order chi connectivity index (χ1) is 13.4. The lowest BCUT2D eigenvalue weighted by atomic mass is 9.92. The van der Waals surface area contributed by atoms with E-state index in [0.717, 1.165) is 29.7 Å². The van der Waals surface area contributed by atoms with Gasteiger partial charge in [-0.3, -0.25) is 9.67 Å². The monoisotopic (exact) mass is 415 g/mol. The van der Waals surface area contributed by atoms with Crippen LogP contribution in [0.2, 0.25) is 5.02 Å². The first-order valence-corrected chi connectivity index (χ1v) is 11.4. The molecule has 1 aliphatic rings. The van der Waals surface area contributed by atoms with Crippen molar-refractivity contribution in [2.45, 2.75) is 36.9 Å². The normalized spacial score (nSPS) is 15.4. The van der Waals surface area contributed by atoms with E-state index in [1.54, 1.807) is 23.1 Å². The van der Waals surface area contributed by atoms with Gasteiger partial charge >= 0.3 is 0 Å². The van der Waals surface area contributed by atoms with Gasteiger partial charge in [0, 0.05) is 28.9 Å². The Kier molecular flexibility index (Phi) is 3.96. The SMILES string of the molecule is CS(=O)(=O)c1nn(Cc2nc3cc(Cl)ccc3n2C2CCC2)c2cnccc12. The first kappa shape index (κ1) is 17.6. The van der Waals surface area contributed by atoms with Gasteiger partial charge in [-0.1, -0.05) is 11.6 Å². The summed E-state index contributed by atoms with van der Waals surface area (Å²) in [5, 5.41) is 5.69. The number of imidazole rings is 1. The minimum absolute atomic E-state index is 0.0687. The number of pyridine rings is 1. The average Bonchev–Trinajstić information content (AvgIpc) is 3.13. The Morgan fingerprint density at radius 3 is 2.75 bits per heavy atom. The van der Waals surface area contributed by atoms with E-state index in [1.165, 1.54) is 12.7 Å². The average molecular weight is 416 g/mol. The molecule has 0 atom stereocenters. The van der Waals surface area contributed by atoms with Gasteiger partial charge in [0.15, 0.2) is 14.9 Å². The van der Waals surface area contributed by atoms with E-state index < -0.39 is 9.84 Å². The number of sulfone groups is 1. The fraction of sp³-hybridized carbons (Fsp3) is 0.316. The highest BCUT2D eigenvalue weighted by atomic mass is 35.5. The Morgan fingerprint density at radius 1 is 1.21 bits per heavy atom. The molecule has 0 aliphatic heterocycles. The van der Waals surface area contributed by atoms with Crippen LogP contribution in [0, 0.1) is 0 Å². The third-order valence-electron chi connectivity index (χ3n) is 5.33. The van der Waals surface area contributed by atoms with Gasteiger partial charge in [-0.05, 0) is 43.5 Å². The second-order valence-corrected chi connectivity index (χ2v) is 9.61. The van der Waals surface area contributed by atoms with E-state index in [9.17, 15) is 8.42 Å². The van der Waals surface area contributed by atoms with Crippen molar-refractivity contribution in [3.8, 4) is 0 Å². The standard InChI is InChI=1S/C19H18ClN5O2S/c1-28(26,27)19-14-7-8-21-10-17(14)24(23-19)11-18-22-15-9-12(20)5-6-16(15)25(18)13-3-2-4-13/h5-10,13H,2-4,11H2,1H3. The molecule has 0 N–H and O–H groups in total. The zero-order valence-electron chi connectivity index (χ0n) is 15.2. The maximum absolute atomic E-state index is 12.2. The number of rotatable bonds is 4. The number of hydrogen-bond acceptors (Lipinski definition) is 5. The topological polar surface area (TPSA) is 82.7 Å². The Bertz CT molecular complexity index is 1320. The van der Waals surface area contributed by atoms with Crippen LogP contribution in [0.4, 0.5) is 0 Å². The molecule has 0 unspecified atom stereocenters. The Labute approximate surface area is 166 Å². The van der Waals surface area contributed by atoms with Crippen LogP contribution in [0.25, 0.3) is 21.9 Å². The lowest BCUT2D eigenvalue weighted by molar-refractivity contribution is 0.311. The van der Waals surface area contributed by atoms with Crippen molar-refractivity contribution in [1.29, 1.82) is 0 Å². The molecular formula is C19H18ClN5O2S. The highest BCUT2D eigenvalue weighted by Gasteiger charge is 2.26. The van der Waals surface area contributed by atoms with E-state index in [-0.39, 0.29) is 5.03 Å². The number of hydrogen-bond donors (Lipinski definition) is 0. The summed E-state index contributed by atoms with van der Waals surface area (Å²) in [6.07, 6.45) is 7.81. The smallest absolute Gasteiger partial charge is 0.195 e. The van der Waals surface area contributed by atoms with Crippen LogP contribution in [0.1, 0.15) is 31.1 Å². The van der Waals surface area contributed by atoms with Crippen molar-refractivity contribution in [3.05, 3.63) is 47.5 Å². The van der Waals surface area contributed by atoms with Crippen LogP contribution < -0.4 is 0 Å². The fourth-order valence-corrected chi connectivity index (χ4v) is 4.79. The largest absolute Gasteiger partial charge is 0.323 e. The van der Waals surface area contributed by atoms with Crippen LogP contribution in [0.5, 0.6) is 0 Å². The molecule has 3 heterocycles. The molecule has 28 heavy (non-hydrogen) atoms. The number of halogens is 1. The number of nitrogens with zero attached hydrogens (tertiary/aromatic N) is 5. The van der Waals surface area contributed by atoms with E-state index in [0.29, 0.717) is 28.5 Å². The highest BCUT2D eigenvalue weighted by molar-refractivity contribution is 7.90. The lowest BCUT2D eigenvalue weighted by Crippen LogP contribution is -2.20. The van der Waals surface area contributed by atoms with Crippen molar-refractivity contribution >= 4 is 43.4 Å². The summed E-state index contributed by atoms with van der Waals surface area (Å²) in [5.74, 6) is 0.843. The van der Waals surface area contributed by atoms with Gasteiger partial charge in [-0.2, -0.15) is 5.10 Å². The van der Waals surface area contributed by atoms with E-state index in [1.807, 2.05) is 18.2 Å². The molecule has 0 bridgehead atoms. The van der Waals surface area contributed by atoms with Gasteiger partial charge in [0.2, 0.25) is 0 Å². The molecule has 1 aliphatic carbocycles. The van der Waals surface area contributed by atoms with Crippen molar-refractivity contribution in [2.75, 3.05) is 6.26 Å². The van der Waals surface area contributed by atoms with Gasteiger partial charge < -0.3 is 4.57 Å². The number of fused-ring (bicyclic) bond motifs is 2. The molecule has 9 heteroatoms. The molecule has 4 aromatic rings. The summed E-state index contributed by atoms with van der Waals surface area (Å²) >= 11 is 6.16. The van der Waals surface area contributed by atoms with E-state index >= 15 is 0 Å². The predicted molar refractivity (Wildman–Crippen MR) is 107 cm³/mol. The quantitative estimate of drug-likeness (QED) is 0.508. The van der Waals surface area contributed by atoms with Crippen LogP contribution in [-0.2, 0) is 16.4 Å². The fourth-order valence-electron chi connectivity index (χ4n) is 3.80. The van der Waals surface area contributed by atoms with Crippen LogP contribution >= 0.6 is 11.6 Å². The molecule has 7 nitrogen and oxygen atoms in total. The Balaban J connectivity index is 1.69. The molecule has 1 saturated carbocycles. The number of aromatic nitrogens is 5. The van der Waals surface area contributed by atoms with Gasteiger partial charge in [0.25, 0.3) is 0 Å². The zero-order valence-corrected chi connectivity index (χ0v) is 16.8. The zero-order chi connectivity index (χ0) is 19.5. The summed E-state index contributed by atoms with van der Waals surface area (Å²) in [7, 11) is -3.46. The molecule has 0 spiro atoms. The maximum atomic E-state index is 12.2. The number of benzene rings is 1. The molecule has 3 aromatic heterocycles. The summed E-state index contributed by atoms with van der Waals surface area (Å²) in [4.78, 5) is 8.95. The predicted octanol–water partition coefficient (Wildman–Crippen LogP) is 3.61. The van der Waals surface area contributed by atoms with Crippen molar-refractivity contribution in [1.82, 2.24) is 24.3 Å². The van der Waals surface area contributed by atoms with Gasteiger partial charge in [0.1, 0.15) is 5.82 Å². The van der Waals surface area contributed by atoms with E-state index in [2.05, 4.69) is 14.6 Å². The maximum Gasteiger partial charge on any atom is 0.195 e. The third-order valence-corrected chi connectivity index (χ3v) is 6.57. The van der Waals surface area contributed by atoms with Crippen LogP contribution in [-0.4, -0.2) is 39.0 Å². The van der Waals surface area contributed by atoms with Crippen LogP contribution in [0.3, 0.4) is 0 Å². The molecule has 0 amide bonds. The molecule has 5 rings (SSSR count). The first-order valence-electron chi connectivity index (χ1n) is 9.09. The summed E-state index contributed by atoms with van der Waals surface area (Å²) in [5.41, 5.74) is 2.56. The highest BCUT2D eigenvalue weighted by Crippen LogP contribution is 2.36. The Morgan fingerprint density at radius 2 is 2.04 bits per heavy atom.